The van der Waals surface area contributed by atoms with Crippen molar-refractivity contribution in [2.24, 2.45) is 5.92 Å². The predicted molar refractivity (Wildman–Crippen MR) is 95.4 cm³/mol. The van der Waals surface area contributed by atoms with E-state index in [9.17, 15) is 14.4 Å². The topological polar surface area (TPSA) is 66.5 Å². The lowest BCUT2D eigenvalue weighted by Gasteiger charge is -2.28. The fourth-order valence-corrected chi connectivity index (χ4v) is 3.12. The molecule has 0 fully saturated rings. The molecule has 0 radical (unpaired) electrons. The van der Waals surface area contributed by atoms with E-state index < -0.39 is 17.9 Å². The Morgan fingerprint density at radius 3 is 2.08 bits per heavy atom. The monoisotopic (exact) mass is 336 g/mol. The summed E-state index contributed by atoms with van der Waals surface area (Å²) in [6.45, 7) is 5.58. The summed E-state index contributed by atoms with van der Waals surface area (Å²) in [4.78, 5) is 39.3. The molecule has 1 atom stereocenters. The van der Waals surface area contributed by atoms with Crippen LogP contribution in [0, 0.1) is 12.8 Å². The second kappa shape index (κ2) is 6.51. The van der Waals surface area contributed by atoms with Gasteiger partial charge in [0.15, 0.2) is 0 Å². The van der Waals surface area contributed by atoms with Crippen LogP contribution in [0.3, 0.4) is 0 Å². The summed E-state index contributed by atoms with van der Waals surface area (Å²) in [6.07, 6.45) is 0. The Balaban J connectivity index is 1.91. The van der Waals surface area contributed by atoms with Gasteiger partial charge in [-0.2, -0.15) is 0 Å². The number of aryl methyl sites for hydroxylation is 1. The molecule has 0 unspecified atom stereocenters. The Hall–Kier alpha value is -2.95. The minimum Gasteiger partial charge on any atom is -0.324 e. The van der Waals surface area contributed by atoms with Gasteiger partial charge in [-0.15, -0.1) is 0 Å². The second-order valence-corrected chi connectivity index (χ2v) is 6.57. The number of nitrogens with zero attached hydrogens (tertiary/aromatic N) is 1. The van der Waals surface area contributed by atoms with Crippen molar-refractivity contribution in [3.8, 4) is 0 Å². The van der Waals surface area contributed by atoms with Crippen molar-refractivity contribution >= 4 is 23.4 Å². The first-order valence-electron chi connectivity index (χ1n) is 8.24. The molecule has 5 nitrogen and oxygen atoms in total. The second-order valence-electron chi connectivity index (χ2n) is 6.57. The third-order valence-corrected chi connectivity index (χ3v) is 4.29. The maximum Gasteiger partial charge on any atom is 0.262 e. The molecule has 0 saturated carbocycles. The molecule has 0 aliphatic carbocycles. The first-order chi connectivity index (χ1) is 11.9. The zero-order valence-corrected chi connectivity index (χ0v) is 14.4. The molecule has 128 valence electrons. The highest BCUT2D eigenvalue weighted by molar-refractivity contribution is 6.23. The lowest BCUT2D eigenvalue weighted by Crippen LogP contribution is -2.50. The average molecular weight is 336 g/mol. The van der Waals surface area contributed by atoms with Crippen LogP contribution in [0.4, 0.5) is 5.69 Å². The van der Waals surface area contributed by atoms with Gasteiger partial charge in [-0.3, -0.25) is 19.3 Å². The smallest absolute Gasteiger partial charge is 0.262 e. The summed E-state index contributed by atoms with van der Waals surface area (Å²) < 4.78 is 0. The van der Waals surface area contributed by atoms with E-state index in [4.69, 9.17) is 0 Å². The molecule has 0 bridgehead atoms. The van der Waals surface area contributed by atoms with Gasteiger partial charge in [-0.25, -0.2) is 0 Å². The maximum atomic E-state index is 12.8. The molecule has 2 aromatic carbocycles. The molecule has 1 heterocycles. The molecular weight excluding hydrogens is 316 g/mol. The zero-order chi connectivity index (χ0) is 18.1. The van der Waals surface area contributed by atoms with Crippen molar-refractivity contribution in [2.45, 2.75) is 26.8 Å². The number of hydrogen-bond acceptors (Lipinski definition) is 3. The lowest BCUT2D eigenvalue weighted by atomic mass is 10.0. The van der Waals surface area contributed by atoms with Crippen LogP contribution in [0.15, 0.2) is 48.5 Å². The van der Waals surface area contributed by atoms with Crippen molar-refractivity contribution in [1.82, 2.24) is 4.90 Å². The van der Waals surface area contributed by atoms with Gasteiger partial charge in [0, 0.05) is 5.69 Å². The third kappa shape index (κ3) is 3.05. The Morgan fingerprint density at radius 2 is 1.56 bits per heavy atom. The molecule has 5 heteroatoms. The lowest BCUT2D eigenvalue weighted by molar-refractivity contribution is -0.121. The van der Waals surface area contributed by atoms with Gasteiger partial charge in [-0.05, 0) is 42.7 Å². The summed E-state index contributed by atoms with van der Waals surface area (Å²) in [5.41, 5.74) is 2.36. The summed E-state index contributed by atoms with van der Waals surface area (Å²) in [6, 6.07) is 13.2. The van der Waals surface area contributed by atoms with Crippen LogP contribution in [0.2, 0.25) is 0 Å². The van der Waals surface area contributed by atoms with E-state index >= 15 is 0 Å². The fourth-order valence-electron chi connectivity index (χ4n) is 3.12. The van der Waals surface area contributed by atoms with E-state index in [-0.39, 0.29) is 11.8 Å². The van der Waals surface area contributed by atoms with E-state index in [1.165, 1.54) is 0 Å². The molecule has 0 aromatic heterocycles. The molecule has 1 aliphatic rings. The molecule has 3 amide bonds. The van der Waals surface area contributed by atoms with E-state index in [2.05, 4.69) is 5.32 Å². The Labute approximate surface area is 146 Å². The Bertz CT molecular complexity index is 823. The van der Waals surface area contributed by atoms with E-state index in [1.54, 1.807) is 30.3 Å². The van der Waals surface area contributed by atoms with Crippen LogP contribution in [-0.2, 0) is 4.79 Å². The van der Waals surface area contributed by atoms with Gasteiger partial charge >= 0.3 is 0 Å². The quantitative estimate of drug-likeness (QED) is 0.872. The predicted octanol–water partition coefficient (Wildman–Crippen LogP) is 3.25. The first kappa shape index (κ1) is 16.9. The van der Waals surface area contributed by atoms with Gasteiger partial charge in [0.05, 0.1) is 11.1 Å². The third-order valence-electron chi connectivity index (χ3n) is 4.29. The minimum absolute atomic E-state index is 0.216. The van der Waals surface area contributed by atoms with Crippen molar-refractivity contribution < 1.29 is 14.4 Å². The largest absolute Gasteiger partial charge is 0.324 e. The molecule has 25 heavy (non-hydrogen) atoms. The number of carbonyl (C=O) groups excluding carboxylic acids is 3. The number of nitrogens with one attached hydrogen (secondary N) is 1. The Kier molecular flexibility index (Phi) is 4.40. The number of anilines is 1. The molecular formula is C20H20N2O3. The standard InChI is InChI=1S/C20H20N2O3/c1-12(2)17(18(23)21-14-8-6-7-13(3)11-14)22-19(24)15-9-4-5-10-16(15)20(22)25/h4-12,17H,1-3H3,(H,21,23)/t17-/m0/s1. The van der Waals surface area contributed by atoms with Crippen molar-refractivity contribution in [2.75, 3.05) is 5.32 Å². The maximum absolute atomic E-state index is 12.8. The number of benzene rings is 2. The van der Waals surface area contributed by atoms with Gasteiger partial charge in [0.25, 0.3) is 11.8 Å². The van der Waals surface area contributed by atoms with Gasteiger partial charge in [0.2, 0.25) is 5.91 Å². The van der Waals surface area contributed by atoms with Crippen LogP contribution >= 0.6 is 0 Å². The number of carbonyl (C=O) groups is 3. The molecule has 0 spiro atoms. The number of hydrogen-bond donors (Lipinski definition) is 1. The first-order valence-corrected chi connectivity index (χ1v) is 8.24. The van der Waals surface area contributed by atoms with Crippen LogP contribution in [0.25, 0.3) is 0 Å². The molecule has 2 aromatic rings. The molecule has 1 N–H and O–H groups in total. The summed E-state index contributed by atoms with van der Waals surface area (Å²) in [5, 5.41) is 2.82. The van der Waals surface area contributed by atoms with Crippen LogP contribution in [-0.4, -0.2) is 28.7 Å². The van der Waals surface area contributed by atoms with Crippen LogP contribution in [0.5, 0.6) is 0 Å². The van der Waals surface area contributed by atoms with E-state index in [0.29, 0.717) is 16.8 Å². The Morgan fingerprint density at radius 1 is 0.960 bits per heavy atom. The highest BCUT2D eigenvalue weighted by Crippen LogP contribution is 2.27. The number of imide groups is 1. The van der Waals surface area contributed by atoms with Gasteiger partial charge < -0.3 is 5.32 Å². The number of amides is 3. The van der Waals surface area contributed by atoms with Crippen molar-refractivity contribution in [3.63, 3.8) is 0 Å². The zero-order valence-electron chi connectivity index (χ0n) is 14.4. The fraction of sp³-hybridized carbons (Fsp3) is 0.250. The summed E-state index contributed by atoms with van der Waals surface area (Å²) in [5.74, 6) is -1.42. The van der Waals surface area contributed by atoms with Crippen LogP contribution < -0.4 is 5.32 Å². The van der Waals surface area contributed by atoms with E-state index in [1.807, 2.05) is 39.0 Å². The molecule has 0 saturated heterocycles. The van der Waals surface area contributed by atoms with Crippen LogP contribution in [0.1, 0.15) is 40.1 Å². The SMILES string of the molecule is Cc1cccc(NC(=O)[C@H](C(C)C)N2C(=O)c3ccccc3C2=O)c1. The summed E-state index contributed by atoms with van der Waals surface area (Å²) >= 11 is 0. The summed E-state index contributed by atoms with van der Waals surface area (Å²) in [7, 11) is 0. The normalized spacial score (nSPS) is 14.6. The highest BCUT2D eigenvalue weighted by Gasteiger charge is 2.43. The van der Waals surface area contributed by atoms with Crippen molar-refractivity contribution in [3.05, 3.63) is 65.2 Å². The average Bonchev–Trinajstić information content (AvgIpc) is 2.80. The van der Waals surface area contributed by atoms with Gasteiger partial charge in [-0.1, -0.05) is 38.1 Å². The number of fused-ring (bicyclic) bond motifs is 1. The minimum atomic E-state index is -0.868. The van der Waals surface area contributed by atoms with Gasteiger partial charge in [0.1, 0.15) is 6.04 Å². The van der Waals surface area contributed by atoms with Crippen molar-refractivity contribution in [1.29, 1.82) is 0 Å². The van der Waals surface area contributed by atoms with E-state index in [0.717, 1.165) is 10.5 Å². The highest BCUT2D eigenvalue weighted by atomic mass is 16.2. The molecule has 3 rings (SSSR count). The number of rotatable bonds is 4. The molecule has 1 aliphatic heterocycles.